The summed E-state index contributed by atoms with van der Waals surface area (Å²) in [6.07, 6.45) is 6.54. The lowest BCUT2D eigenvalue weighted by Gasteiger charge is -2.30. The molecule has 1 aromatic rings. The molecular formula is C16H24BrN2O+. The maximum Gasteiger partial charge on any atom is 0.279 e. The standard InChI is InChI=1S/C16H23BrN2O/c1-2-19(13-8-4-3-5-9-13)12-16(20)18-15-11-7-6-10-14(15)17/h6-7,10-11,13H,2-5,8-9,12H2,1H3,(H,18,20)/p+1. The number of hydrogen-bond acceptors (Lipinski definition) is 1. The van der Waals surface area contributed by atoms with Crippen LogP contribution in [0.3, 0.4) is 0 Å². The Morgan fingerprint density at radius 3 is 2.65 bits per heavy atom. The minimum Gasteiger partial charge on any atom is -0.325 e. The minimum absolute atomic E-state index is 0.110. The SMILES string of the molecule is CC[NH+](CC(=O)Nc1ccccc1Br)C1CCCCC1. The number of hydrogen-bond donors (Lipinski definition) is 2. The van der Waals surface area contributed by atoms with Crippen LogP contribution < -0.4 is 10.2 Å². The number of likely N-dealkylation sites (N-methyl/N-ethyl adjacent to an activating group) is 1. The third kappa shape index (κ3) is 4.32. The van der Waals surface area contributed by atoms with E-state index < -0.39 is 0 Å². The fourth-order valence-electron chi connectivity index (χ4n) is 3.03. The quantitative estimate of drug-likeness (QED) is 0.849. The molecule has 0 aliphatic heterocycles. The zero-order chi connectivity index (χ0) is 14.4. The average molecular weight is 340 g/mol. The van der Waals surface area contributed by atoms with E-state index in [4.69, 9.17) is 0 Å². The number of halogens is 1. The van der Waals surface area contributed by atoms with Gasteiger partial charge in [0.1, 0.15) is 0 Å². The number of benzene rings is 1. The van der Waals surface area contributed by atoms with Crippen molar-refractivity contribution < 1.29 is 9.69 Å². The first-order valence-corrected chi connectivity index (χ1v) is 8.39. The van der Waals surface area contributed by atoms with E-state index in [0.29, 0.717) is 12.6 Å². The Morgan fingerprint density at radius 2 is 2.00 bits per heavy atom. The molecule has 1 unspecified atom stereocenters. The van der Waals surface area contributed by atoms with Crippen molar-refractivity contribution in [2.75, 3.05) is 18.4 Å². The molecule has 1 aromatic carbocycles. The Hall–Kier alpha value is -0.870. The molecule has 0 heterocycles. The van der Waals surface area contributed by atoms with Gasteiger partial charge in [-0.1, -0.05) is 18.6 Å². The summed E-state index contributed by atoms with van der Waals surface area (Å²) in [5.74, 6) is 0.110. The van der Waals surface area contributed by atoms with E-state index in [2.05, 4.69) is 28.2 Å². The van der Waals surface area contributed by atoms with Crippen LogP contribution in [-0.2, 0) is 4.79 Å². The number of nitrogens with one attached hydrogen (secondary N) is 2. The molecule has 0 saturated heterocycles. The van der Waals surface area contributed by atoms with Crippen molar-refractivity contribution in [2.45, 2.75) is 45.1 Å². The molecule has 0 bridgehead atoms. The normalized spacial score (nSPS) is 17.7. The van der Waals surface area contributed by atoms with E-state index >= 15 is 0 Å². The summed E-state index contributed by atoms with van der Waals surface area (Å²) in [5, 5.41) is 3.01. The lowest BCUT2D eigenvalue weighted by atomic mass is 9.94. The highest BCUT2D eigenvalue weighted by Crippen LogP contribution is 2.20. The summed E-state index contributed by atoms with van der Waals surface area (Å²) in [6.45, 7) is 3.77. The molecule has 3 nitrogen and oxygen atoms in total. The van der Waals surface area contributed by atoms with Gasteiger partial charge in [-0.05, 0) is 60.7 Å². The first-order chi connectivity index (χ1) is 9.70. The summed E-state index contributed by atoms with van der Waals surface area (Å²) in [6, 6.07) is 8.42. The van der Waals surface area contributed by atoms with Crippen LogP contribution in [0.1, 0.15) is 39.0 Å². The summed E-state index contributed by atoms with van der Waals surface area (Å²) in [4.78, 5) is 13.6. The highest BCUT2D eigenvalue weighted by Gasteiger charge is 2.25. The largest absolute Gasteiger partial charge is 0.325 e. The molecule has 1 atom stereocenters. The van der Waals surface area contributed by atoms with Gasteiger partial charge in [0.2, 0.25) is 0 Å². The number of para-hydroxylation sites is 1. The third-order valence-electron chi connectivity index (χ3n) is 4.17. The van der Waals surface area contributed by atoms with E-state index in [-0.39, 0.29) is 5.91 Å². The molecule has 4 heteroatoms. The second-order valence-corrected chi connectivity index (χ2v) is 6.41. The van der Waals surface area contributed by atoms with Gasteiger partial charge < -0.3 is 10.2 Å². The molecule has 2 N–H and O–H groups in total. The highest BCUT2D eigenvalue weighted by atomic mass is 79.9. The van der Waals surface area contributed by atoms with Crippen LogP contribution >= 0.6 is 15.9 Å². The molecule has 0 aromatic heterocycles. The monoisotopic (exact) mass is 339 g/mol. The van der Waals surface area contributed by atoms with Gasteiger partial charge in [-0.15, -0.1) is 0 Å². The fraction of sp³-hybridized carbons (Fsp3) is 0.562. The van der Waals surface area contributed by atoms with E-state index in [9.17, 15) is 4.79 Å². The number of quaternary nitrogens is 1. The van der Waals surface area contributed by atoms with Crippen molar-refractivity contribution in [2.24, 2.45) is 0 Å². The van der Waals surface area contributed by atoms with Crippen LogP contribution in [0.2, 0.25) is 0 Å². The fourth-order valence-corrected chi connectivity index (χ4v) is 3.42. The van der Waals surface area contributed by atoms with Crippen LogP contribution in [-0.4, -0.2) is 25.0 Å². The van der Waals surface area contributed by atoms with Gasteiger partial charge in [-0.25, -0.2) is 0 Å². The average Bonchev–Trinajstić information content (AvgIpc) is 2.48. The van der Waals surface area contributed by atoms with Crippen LogP contribution in [0.5, 0.6) is 0 Å². The Balaban J connectivity index is 1.90. The predicted octanol–water partition coefficient (Wildman–Crippen LogP) is 2.63. The Kier molecular flexibility index (Phi) is 6.05. The van der Waals surface area contributed by atoms with E-state index in [1.807, 2.05) is 24.3 Å². The maximum atomic E-state index is 12.2. The van der Waals surface area contributed by atoms with Crippen LogP contribution in [0, 0.1) is 0 Å². The highest BCUT2D eigenvalue weighted by molar-refractivity contribution is 9.10. The summed E-state index contributed by atoms with van der Waals surface area (Å²) >= 11 is 3.46. The molecule has 1 saturated carbocycles. The van der Waals surface area contributed by atoms with E-state index in [0.717, 1.165) is 16.7 Å². The molecule has 1 fully saturated rings. The lowest BCUT2D eigenvalue weighted by molar-refractivity contribution is -0.917. The van der Waals surface area contributed by atoms with Gasteiger partial charge in [0.15, 0.2) is 6.54 Å². The Morgan fingerprint density at radius 1 is 1.30 bits per heavy atom. The molecule has 110 valence electrons. The van der Waals surface area contributed by atoms with Crippen molar-refractivity contribution in [1.29, 1.82) is 0 Å². The minimum atomic E-state index is 0.110. The van der Waals surface area contributed by atoms with Crippen LogP contribution in [0.15, 0.2) is 28.7 Å². The number of carbonyl (C=O) groups excluding carboxylic acids is 1. The summed E-state index contributed by atoms with van der Waals surface area (Å²) < 4.78 is 0.934. The Labute approximate surface area is 129 Å². The molecular weight excluding hydrogens is 316 g/mol. The van der Waals surface area contributed by atoms with Crippen molar-refractivity contribution >= 4 is 27.5 Å². The zero-order valence-corrected chi connectivity index (χ0v) is 13.7. The third-order valence-corrected chi connectivity index (χ3v) is 4.86. The summed E-state index contributed by atoms with van der Waals surface area (Å²) in [7, 11) is 0. The zero-order valence-electron chi connectivity index (χ0n) is 12.1. The van der Waals surface area contributed by atoms with Crippen LogP contribution in [0.4, 0.5) is 5.69 Å². The molecule has 1 aliphatic rings. The van der Waals surface area contributed by atoms with Crippen LogP contribution in [0.25, 0.3) is 0 Å². The maximum absolute atomic E-state index is 12.2. The van der Waals surface area contributed by atoms with Gasteiger partial charge >= 0.3 is 0 Å². The van der Waals surface area contributed by atoms with Crippen molar-refractivity contribution in [3.63, 3.8) is 0 Å². The van der Waals surface area contributed by atoms with Crippen molar-refractivity contribution in [3.05, 3.63) is 28.7 Å². The molecule has 0 radical (unpaired) electrons. The van der Waals surface area contributed by atoms with Gasteiger partial charge in [-0.2, -0.15) is 0 Å². The van der Waals surface area contributed by atoms with Gasteiger partial charge in [0.05, 0.1) is 18.3 Å². The molecule has 1 amide bonds. The lowest BCUT2D eigenvalue weighted by Crippen LogP contribution is -3.16. The van der Waals surface area contributed by atoms with E-state index in [1.165, 1.54) is 37.0 Å². The van der Waals surface area contributed by atoms with Crippen molar-refractivity contribution in [1.82, 2.24) is 0 Å². The second-order valence-electron chi connectivity index (χ2n) is 5.55. The van der Waals surface area contributed by atoms with Crippen molar-refractivity contribution in [3.8, 4) is 0 Å². The molecule has 0 spiro atoms. The predicted molar refractivity (Wildman–Crippen MR) is 86.0 cm³/mol. The van der Waals surface area contributed by atoms with Gasteiger partial charge in [0.25, 0.3) is 5.91 Å². The topological polar surface area (TPSA) is 33.5 Å². The van der Waals surface area contributed by atoms with E-state index in [1.54, 1.807) is 0 Å². The first-order valence-electron chi connectivity index (χ1n) is 7.59. The number of anilines is 1. The first kappa shape index (κ1) is 15.5. The summed E-state index contributed by atoms with van der Waals surface area (Å²) in [5.41, 5.74) is 0.858. The smallest absolute Gasteiger partial charge is 0.279 e. The number of carbonyl (C=O) groups is 1. The molecule has 20 heavy (non-hydrogen) atoms. The number of amides is 1. The van der Waals surface area contributed by atoms with Gasteiger partial charge in [-0.3, -0.25) is 4.79 Å². The number of rotatable bonds is 5. The molecule has 1 aliphatic carbocycles. The molecule has 2 rings (SSSR count). The second kappa shape index (κ2) is 7.79. The Bertz CT molecular complexity index is 444. The van der Waals surface area contributed by atoms with Gasteiger partial charge in [0, 0.05) is 4.47 Å².